The van der Waals surface area contributed by atoms with Gasteiger partial charge in [-0.1, -0.05) is 42.1 Å². The van der Waals surface area contributed by atoms with E-state index < -0.39 is 0 Å². The number of hydrogen-bond acceptors (Lipinski definition) is 4. The second-order valence-corrected chi connectivity index (χ2v) is 6.38. The number of aromatic nitrogens is 3. The number of methoxy groups -OCH3 is 1. The smallest absolute Gasteiger partial charge is 0.191 e. The van der Waals surface area contributed by atoms with Crippen LogP contribution in [0.4, 0.5) is 4.39 Å². The van der Waals surface area contributed by atoms with Crippen LogP contribution < -0.4 is 4.74 Å². The molecule has 0 atom stereocenters. The minimum absolute atomic E-state index is 0.254. The molecule has 1 heterocycles. The molecule has 124 valence electrons. The van der Waals surface area contributed by atoms with Crippen LogP contribution in [-0.4, -0.2) is 21.9 Å². The zero-order valence-corrected chi connectivity index (χ0v) is 14.6. The second-order valence-electron chi connectivity index (χ2n) is 5.44. The van der Waals surface area contributed by atoms with Crippen molar-refractivity contribution in [1.82, 2.24) is 14.8 Å². The van der Waals surface area contributed by atoms with Gasteiger partial charge in [-0.15, -0.1) is 10.2 Å². The summed E-state index contributed by atoms with van der Waals surface area (Å²) in [7, 11) is 3.40. The van der Waals surface area contributed by atoms with Crippen molar-refractivity contribution in [2.75, 3.05) is 7.11 Å². The molecule has 0 spiro atoms. The maximum absolute atomic E-state index is 13.8. The summed E-state index contributed by atoms with van der Waals surface area (Å²) in [5, 5.41) is 9.36. The lowest BCUT2D eigenvalue weighted by Crippen LogP contribution is -1.96. The molecule has 3 rings (SSSR count). The van der Waals surface area contributed by atoms with Gasteiger partial charge < -0.3 is 9.30 Å². The summed E-state index contributed by atoms with van der Waals surface area (Å²) in [5.41, 5.74) is 3.09. The first-order valence-electron chi connectivity index (χ1n) is 7.50. The first-order valence-corrected chi connectivity index (χ1v) is 8.49. The summed E-state index contributed by atoms with van der Waals surface area (Å²) in [4.78, 5) is 0. The lowest BCUT2D eigenvalue weighted by atomic mass is 10.1. The van der Waals surface area contributed by atoms with E-state index in [0.717, 1.165) is 27.7 Å². The first-order chi connectivity index (χ1) is 11.6. The van der Waals surface area contributed by atoms with Gasteiger partial charge in [0.15, 0.2) is 22.5 Å². The van der Waals surface area contributed by atoms with Gasteiger partial charge in [-0.25, -0.2) is 4.39 Å². The molecule has 0 bridgehead atoms. The lowest BCUT2D eigenvalue weighted by Gasteiger charge is -2.07. The minimum atomic E-state index is -0.353. The molecule has 0 saturated carbocycles. The Bertz CT molecular complexity index is 863. The summed E-state index contributed by atoms with van der Waals surface area (Å²) in [6, 6.07) is 13.1. The molecule has 1 aromatic heterocycles. The largest absolute Gasteiger partial charge is 0.494 e. The quantitative estimate of drug-likeness (QED) is 0.650. The number of aryl methyl sites for hydroxylation is 1. The van der Waals surface area contributed by atoms with E-state index in [4.69, 9.17) is 4.74 Å². The Morgan fingerprint density at radius 2 is 1.96 bits per heavy atom. The zero-order chi connectivity index (χ0) is 17.1. The average Bonchev–Trinajstić information content (AvgIpc) is 2.94. The monoisotopic (exact) mass is 343 g/mol. The average molecular weight is 343 g/mol. The van der Waals surface area contributed by atoms with E-state index in [9.17, 15) is 4.39 Å². The Morgan fingerprint density at radius 3 is 2.67 bits per heavy atom. The van der Waals surface area contributed by atoms with E-state index in [1.54, 1.807) is 6.07 Å². The van der Waals surface area contributed by atoms with Gasteiger partial charge in [0.1, 0.15) is 0 Å². The molecule has 0 radical (unpaired) electrons. The predicted molar refractivity (Wildman–Crippen MR) is 93.7 cm³/mol. The van der Waals surface area contributed by atoms with E-state index >= 15 is 0 Å². The van der Waals surface area contributed by atoms with Gasteiger partial charge in [-0.2, -0.15) is 0 Å². The number of thioether (sulfide) groups is 1. The van der Waals surface area contributed by atoms with Crippen molar-refractivity contribution in [3.63, 3.8) is 0 Å². The van der Waals surface area contributed by atoms with Crippen molar-refractivity contribution in [2.24, 2.45) is 7.05 Å². The third-order valence-electron chi connectivity index (χ3n) is 3.81. The van der Waals surface area contributed by atoms with Crippen molar-refractivity contribution < 1.29 is 9.13 Å². The molecule has 0 aliphatic rings. The lowest BCUT2D eigenvalue weighted by molar-refractivity contribution is 0.386. The van der Waals surface area contributed by atoms with E-state index in [-0.39, 0.29) is 11.6 Å². The molecular formula is C18H18FN3OS. The Kier molecular flexibility index (Phi) is 4.85. The van der Waals surface area contributed by atoms with Gasteiger partial charge in [0.2, 0.25) is 0 Å². The summed E-state index contributed by atoms with van der Waals surface area (Å²) in [6.07, 6.45) is 0. The molecule has 0 aliphatic carbocycles. The normalized spacial score (nSPS) is 10.8. The number of halogens is 1. The number of ether oxygens (including phenoxy) is 1. The van der Waals surface area contributed by atoms with Gasteiger partial charge in [0, 0.05) is 18.4 Å². The van der Waals surface area contributed by atoms with Gasteiger partial charge in [-0.3, -0.25) is 0 Å². The maximum atomic E-state index is 13.8. The zero-order valence-electron chi connectivity index (χ0n) is 13.8. The molecule has 4 nitrogen and oxygen atoms in total. The molecule has 0 amide bonds. The number of hydrogen-bond donors (Lipinski definition) is 0. The van der Waals surface area contributed by atoms with Gasteiger partial charge in [0.05, 0.1) is 7.11 Å². The predicted octanol–water partition coefficient (Wildman–Crippen LogP) is 4.23. The van der Waals surface area contributed by atoms with Crippen LogP contribution >= 0.6 is 11.8 Å². The van der Waals surface area contributed by atoms with Crippen LogP contribution in [0.5, 0.6) is 5.75 Å². The van der Waals surface area contributed by atoms with E-state index in [0.29, 0.717) is 5.75 Å². The van der Waals surface area contributed by atoms with Crippen LogP contribution in [0, 0.1) is 12.7 Å². The number of nitrogens with zero attached hydrogens (tertiary/aromatic N) is 3. The summed E-state index contributed by atoms with van der Waals surface area (Å²) >= 11 is 1.53. The SMILES string of the molecule is COc1ccc(CSc2nnc(-c3ccccc3C)n2C)cc1F. The highest BCUT2D eigenvalue weighted by Crippen LogP contribution is 2.28. The number of rotatable bonds is 5. The molecule has 0 N–H and O–H groups in total. The van der Waals surface area contributed by atoms with Crippen LogP contribution in [-0.2, 0) is 12.8 Å². The molecule has 0 saturated heterocycles. The second kappa shape index (κ2) is 7.05. The fourth-order valence-electron chi connectivity index (χ4n) is 2.45. The topological polar surface area (TPSA) is 39.9 Å². The fraction of sp³-hybridized carbons (Fsp3) is 0.222. The highest BCUT2D eigenvalue weighted by molar-refractivity contribution is 7.98. The highest BCUT2D eigenvalue weighted by Gasteiger charge is 2.13. The standard InChI is InChI=1S/C18H18FN3OS/c1-12-6-4-5-7-14(12)17-20-21-18(22(17)2)24-11-13-8-9-16(23-3)15(19)10-13/h4-10H,11H2,1-3H3. The molecule has 6 heteroatoms. The molecule has 2 aromatic carbocycles. The van der Waals surface area contributed by atoms with Gasteiger partial charge in [-0.05, 0) is 30.2 Å². The van der Waals surface area contributed by atoms with E-state index in [2.05, 4.69) is 23.2 Å². The minimum Gasteiger partial charge on any atom is -0.494 e. The highest BCUT2D eigenvalue weighted by atomic mass is 32.2. The summed E-state index contributed by atoms with van der Waals surface area (Å²) in [5.74, 6) is 1.34. The Hall–Kier alpha value is -2.34. The van der Waals surface area contributed by atoms with Crippen molar-refractivity contribution in [3.05, 3.63) is 59.4 Å². The fourth-order valence-corrected chi connectivity index (χ4v) is 3.30. The van der Waals surface area contributed by atoms with Crippen LogP contribution in [0.1, 0.15) is 11.1 Å². The van der Waals surface area contributed by atoms with Crippen LogP contribution in [0.3, 0.4) is 0 Å². The Morgan fingerprint density at radius 1 is 1.17 bits per heavy atom. The van der Waals surface area contributed by atoms with Crippen LogP contribution in [0.25, 0.3) is 11.4 Å². The maximum Gasteiger partial charge on any atom is 0.191 e. The van der Waals surface area contributed by atoms with Gasteiger partial charge in [0.25, 0.3) is 0 Å². The molecule has 0 aliphatic heterocycles. The van der Waals surface area contributed by atoms with Crippen molar-refractivity contribution in [3.8, 4) is 17.1 Å². The van der Waals surface area contributed by atoms with Crippen molar-refractivity contribution in [1.29, 1.82) is 0 Å². The Labute approximate surface area is 144 Å². The molecule has 0 unspecified atom stereocenters. The van der Waals surface area contributed by atoms with E-state index in [1.807, 2.05) is 35.9 Å². The number of benzene rings is 2. The molecule has 24 heavy (non-hydrogen) atoms. The summed E-state index contributed by atoms with van der Waals surface area (Å²) in [6.45, 7) is 2.05. The first kappa shape index (κ1) is 16.5. The van der Waals surface area contributed by atoms with Crippen LogP contribution in [0.15, 0.2) is 47.6 Å². The third kappa shape index (κ3) is 3.28. The molecule has 3 aromatic rings. The van der Waals surface area contributed by atoms with Crippen molar-refractivity contribution in [2.45, 2.75) is 17.8 Å². The van der Waals surface area contributed by atoms with Crippen molar-refractivity contribution >= 4 is 11.8 Å². The molecular weight excluding hydrogens is 325 g/mol. The van der Waals surface area contributed by atoms with E-state index in [1.165, 1.54) is 24.9 Å². The molecule has 0 fully saturated rings. The van der Waals surface area contributed by atoms with Gasteiger partial charge >= 0.3 is 0 Å². The third-order valence-corrected chi connectivity index (χ3v) is 4.90. The summed E-state index contributed by atoms with van der Waals surface area (Å²) < 4.78 is 20.7. The Balaban J connectivity index is 1.78. The van der Waals surface area contributed by atoms with Crippen LogP contribution in [0.2, 0.25) is 0 Å².